The fourth-order valence-electron chi connectivity index (χ4n) is 2.46. The molecule has 142 valence electrons. The van der Waals surface area contributed by atoms with Crippen molar-refractivity contribution in [3.63, 3.8) is 0 Å². The molecule has 0 aliphatic heterocycles. The third kappa shape index (κ3) is 5.88. The summed E-state index contributed by atoms with van der Waals surface area (Å²) < 4.78 is 18.0. The lowest BCUT2D eigenvalue weighted by molar-refractivity contribution is -0.384. The van der Waals surface area contributed by atoms with Crippen molar-refractivity contribution >= 4 is 17.6 Å². The molecule has 0 radical (unpaired) electrons. The number of esters is 1. The average Bonchev–Trinajstić information content (AvgIpc) is 2.66. The van der Waals surface area contributed by atoms with Gasteiger partial charge in [0.2, 0.25) is 0 Å². The molecular formula is C19H19FN2O5. The lowest BCUT2D eigenvalue weighted by Crippen LogP contribution is -2.33. The van der Waals surface area contributed by atoms with Gasteiger partial charge >= 0.3 is 5.97 Å². The van der Waals surface area contributed by atoms with Crippen molar-refractivity contribution in [3.8, 4) is 0 Å². The Labute approximate surface area is 155 Å². The van der Waals surface area contributed by atoms with Crippen LogP contribution in [-0.2, 0) is 16.1 Å². The van der Waals surface area contributed by atoms with Gasteiger partial charge in [0, 0.05) is 30.8 Å². The van der Waals surface area contributed by atoms with E-state index in [1.807, 2.05) is 0 Å². The van der Waals surface area contributed by atoms with Crippen LogP contribution in [0.4, 0.5) is 10.1 Å². The first-order chi connectivity index (χ1) is 12.9. The molecule has 2 rings (SSSR count). The first-order valence-electron chi connectivity index (χ1n) is 8.34. The van der Waals surface area contributed by atoms with E-state index < -0.39 is 22.6 Å². The summed E-state index contributed by atoms with van der Waals surface area (Å²) in [5.41, 5.74) is 0.599. The molecule has 0 fully saturated rings. The van der Waals surface area contributed by atoms with Crippen molar-refractivity contribution in [2.24, 2.45) is 0 Å². The van der Waals surface area contributed by atoms with Crippen LogP contribution in [-0.4, -0.2) is 34.9 Å². The molecule has 0 unspecified atom stereocenters. The zero-order chi connectivity index (χ0) is 19.8. The van der Waals surface area contributed by atoms with E-state index in [1.54, 1.807) is 6.92 Å². The third-order valence-corrected chi connectivity index (χ3v) is 3.77. The highest BCUT2D eigenvalue weighted by Gasteiger charge is 2.20. The monoisotopic (exact) mass is 374 g/mol. The van der Waals surface area contributed by atoms with Crippen molar-refractivity contribution in [2.75, 3.05) is 13.2 Å². The van der Waals surface area contributed by atoms with Crippen molar-refractivity contribution in [3.05, 3.63) is 75.6 Å². The first-order valence-corrected chi connectivity index (χ1v) is 8.34. The van der Waals surface area contributed by atoms with Gasteiger partial charge in [0.15, 0.2) is 0 Å². The summed E-state index contributed by atoms with van der Waals surface area (Å²) >= 11 is 0. The summed E-state index contributed by atoms with van der Waals surface area (Å²) in [5, 5.41) is 10.9. The van der Waals surface area contributed by atoms with Gasteiger partial charge in [0.25, 0.3) is 11.6 Å². The van der Waals surface area contributed by atoms with E-state index in [2.05, 4.69) is 0 Å². The number of nitrogens with zero attached hydrogens (tertiary/aromatic N) is 2. The minimum Gasteiger partial charge on any atom is -0.466 e. The SMILES string of the molecule is CCOC(=O)CCN(Cc1ccc(F)cc1)C(=O)c1cccc([N+](=O)[O-])c1. The van der Waals surface area contributed by atoms with Crippen molar-refractivity contribution in [1.82, 2.24) is 4.90 Å². The summed E-state index contributed by atoms with van der Waals surface area (Å²) in [6.07, 6.45) is -0.0182. The summed E-state index contributed by atoms with van der Waals surface area (Å²) in [4.78, 5) is 36.2. The minimum atomic E-state index is -0.584. The Hall–Kier alpha value is -3.29. The quantitative estimate of drug-likeness (QED) is 0.402. The normalized spacial score (nSPS) is 10.3. The maximum absolute atomic E-state index is 13.1. The molecule has 2 aromatic carbocycles. The van der Waals surface area contributed by atoms with Crippen LogP contribution in [0.1, 0.15) is 29.3 Å². The fraction of sp³-hybridized carbons (Fsp3) is 0.263. The Balaban J connectivity index is 2.22. The molecule has 0 saturated carbocycles. The molecule has 0 aliphatic carbocycles. The van der Waals surface area contributed by atoms with Crippen molar-refractivity contribution in [1.29, 1.82) is 0 Å². The zero-order valence-electron chi connectivity index (χ0n) is 14.8. The number of halogens is 1. The number of hydrogen-bond acceptors (Lipinski definition) is 5. The molecule has 27 heavy (non-hydrogen) atoms. The number of benzene rings is 2. The molecule has 1 amide bonds. The van der Waals surface area contributed by atoms with Gasteiger partial charge in [0.1, 0.15) is 5.82 Å². The maximum Gasteiger partial charge on any atom is 0.307 e. The number of ether oxygens (including phenoxy) is 1. The standard InChI is InChI=1S/C19H19FN2O5/c1-2-27-18(23)10-11-21(13-14-6-8-16(20)9-7-14)19(24)15-4-3-5-17(12-15)22(25)26/h3-9,12H,2,10-11,13H2,1H3. The molecule has 0 aromatic heterocycles. The number of carbonyl (C=O) groups excluding carboxylic acids is 2. The molecule has 8 heteroatoms. The van der Waals surface area contributed by atoms with Crippen LogP contribution in [0.5, 0.6) is 0 Å². The van der Waals surface area contributed by atoms with Crippen molar-refractivity contribution in [2.45, 2.75) is 19.9 Å². The number of non-ortho nitro benzene ring substituents is 1. The van der Waals surface area contributed by atoms with Gasteiger partial charge in [-0.3, -0.25) is 19.7 Å². The molecule has 0 aliphatic rings. The Bertz CT molecular complexity index is 823. The second-order valence-corrected chi connectivity index (χ2v) is 5.72. The average molecular weight is 374 g/mol. The second-order valence-electron chi connectivity index (χ2n) is 5.72. The van der Waals surface area contributed by atoms with Crippen LogP contribution in [0.3, 0.4) is 0 Å². The van der Waals surface area contributed by atoms with Gasteiger partial charge in [0.05, 0.1) is 18.0 Å². The Morgan fingerprint density at radius 2 is 1.89 bits per heavy atom. The lowest BCUT2D eigenvalue weighted by atomic mass is 10.1. The molecule has 0 N–H and O–H groups in total. The smallest absolute Gasteiger partial charge is 0.307 e. The van der Waals surface area contributed by atoms with Crippen LogP contribution in [0.15, 0.2) is 48.5 Å². The molecule has 0 atom stereocenters. The van der Waals surface area contributed by atoms with Crippen molar-refractivity contribution < 1.29 is 23.6 Å². The Kier molecular flexibility index (Phi) is 6.99. The van der Waals surface area contributed by atoms with E-state index in [0.717, 1.165) is 0 Å². The van der Waals surface area contributed by atoms with E-state index in [4.69, 9.17) is 4.74 Å². The molecule has 7 nitrogen and oxygen atoms in total. The highest BCUT2D eigenvalue weighted by molar-refractivity contribution is 5.95. The van der Waals surface area contributed by atoms with E-state index in [0.29, 0.717) is 5.56 Å². The molecule has 2 aromatic rings. The van der Waals surface area contributed by atoms with Crippen LogP contribution >= 0.6 is 0 Å². The summed E-state index contributed by atoms with van der Waals surface area (Å²) in [6.45, 7) is 2.11. The number of amides is 1. The summed E-state index contributed by atoms with van der Waals surface area (Å²) in [6, 6.07) is 11.0. The van der Waals surface area contributed by atoms with Crippen LogP contribution < -0.4 is 0 Å². The van der Waals surface area contributed by atoms with E-state index >= 15 is 0 Å². The molecular weight excluding hydrogens is 355 g/mol. The predicted octanol–water partition coefficient (Wildman–Crippen LogP) is 3.33. The largest absolute Gasteiger partial charge is 0.466 e. The van der Waals surface area contributed by atoms with E-state index in [9.17, 15) is 24.1 Å². The number of nitro groups is 1. The molecule has 0 heterocycles. The van der Waals surface area contributed by atoms with E-state index in [1.165, 1.54) is 53.4 Å². The molecule has 0 saturated heterocycles. The Morgan fingerprint density at radius 3 is 2.52 bits per heavy atom. The van der Waals surface area contributed by atoms with Gasteiger partial charge in [-0.05, 0) is 30.7 Å². The summed E-state index contributed by atoms with van der Waals surface area (Å²) in [7, 11) is 0. The number of nitro benzene ring substituents is 1. The maximum atomic E-state index is 13.1. The first kappa shape index (κ1) is 20.0. The van der Waals surface area contributed by atoms with Crippen LogP contribution in [0, 0.1) is 15.9 Å². The second kappa shape index (κ2) is 9.42. The van der Waals surface area contributed by atoms with Crippen LogP contribution in [0.2, 0.25) is 0 Å². The molecule has 0 bridgehead atoms. The number of rotatable bonds is 8. The zero-order valence-corrected chi connectivity index (χ0v) is 14.8. The lowest BCUT2D eigenvalue weighted by Gasteiger charge is -2.22. The predicted molar refractivity (Wildman–Crippen MR) is 95.5 cm³/mol. The fourth-order valence-corrected chi connectivity index (χ4v) is 2.46. The Morgan fingerprint density at radius 1 is 1.19 bits per heavy atom. The number of carbonyl (C=O) groups is 2. The third-order valence-electron chi connectivity index (χ3n) is 3.77. The van der Waals surface area contributed by atoms with Gasteiger partial charge in [-0.1, -0.05) is 18.2 Å². The van der Waals surface area contributed by atoms with Gasteiger partial charge < -0.3 is 9.64 Å². The highest BCUT2D eigenvalue weighted by Crippen LogP contribution is 2.17. The van der Waals surface area contributed by atoms with Gasteiger partial charge in [-0.2, -0.15) is 0 Å². The molecule has 0 spiro atoms. The highest BCUT2D eigenvalue weighted by atomic mass is 19.1. The van der Waals surface area contributed by atoms with E-state index in [-0.39, 0.29) is 37.4 Å². The number of hydrogen-bond donors (Lipinski definition) is 0. The topological polar surface area (TPSA) is 89.8 Å². The van der Waals surface area contributed by atoms with Gasteiger partial charge in [-0.15, -0.1) is 0 Å². The summed E-state index contributed by atoms with van der Waals surface area (Å²) in [5.74, 6) is -1.32. The van der Waals surface area contributed by atoms with Crippen LogP contribution in [0.25, 0.3) is 0 Å². The minimum absolute atomic E-state index is 0.0182. The van der Waals surface area contributed by atoms with Gasteiger partial charge in [-0.25, -0.2) is 4.39 Å².